The van der Waals surface area contributed by atoms with Crippen molar-refractivity contribution in [3.05, 3.63) is 40.3 Å². The van der Waals surface area contributed by atoms with Crippen LogP contribution >= 0.6 is 15.9 Å². The third kappa shape index (κ3) is 3.21. The molecule has 18 heavy (non-hydrogen) atoms. The van der Waals surface area contributed by atoms with Crippen molar-refractivity contribution in [2.75, 3.05) is 0 Å². The molecule has 1 heterocycles. The number of aromatic nitrogens is 1. The molecule has 3 nitrogen and oxygen atoms in total. The lowest BCUT2D eigenvalue weighted by Crippen LogP contribution is -2.21. The predicted octanol–water partition coefficient (Wildman–Crippen LogP) is 3.91. The monoisotopic (exact) mass is 308 g/mol. The quantitative estimate of drug-likeness (QED) is 0.930. The first-order valence-corrected chi connectivity index (χ1v) is 6.80. The minimum Gasteiger partial charge on any atom is -0.439 e. The van der Waals surface area contributed by atoms with E-state index in [0.717, 1.165) is 15.8 Å². The lowest BCUT2D eigenvalue weighted by Gasteiger charge is -2.04. The lowest BCUT2D eigenvalue weighted by molar-refractivity contribution is 0.459. The van der Waals surface area contributed by atoms with Crippen molar-refractivity contribution in [1.29, 1.82) is 0 Å². The summed E-state index contributed by atoms with van der Waals surface area (Å²) in [7, 11) is 0. The summed E-state index contributed by atoms with van der Waals surface area (Å²) in [5.41, 5.74) is 2.24. The highest BCUT2D eigenvalue weighted by Crippen LogP contribution is 2.29. The van der Waals surface area contributed by atoms with Crippen molar-refractivity contribution in [3.8, 4) is 11.3 Å². The van der Waals surface area contributed by atoms with Crippen molar-refractivity contribution < 1.29 is 4.42 Å². The summed E-state index contributed by atoms with van der Waals surface area (Å²) < 4.78 is 6.77. The van der Waals surface area contributed by atoms with Gasteiger partial charge in [-0.2, -0.15) is 0 Å². The van der Waals surface area contributed by atoms with E-state index >= 15 is 0 Å². The third-order valence-corrected chi connectivity index (χ3v) is 3.29. The summed E-state index contributed by atoms with van der Waals surface area (Å²) in [5.74, 6) is 1.51. The van der Waals surface area contributed by atoms with Crippen molar-refractivity contribution in [1.82, 2.24) is 10.3 Å². The summed E-state index contributed by atoms with van der Waals surface area (Å²) in [6.45, 7) is 6.91. The number of hydrogen-bond acceptors (Lipinski definition) is 3. The molecule has 4 heteroatoms. The van der Waals surface area contributed by atoms with Gasteiger partial charge in [0.1, 0.15) is 0 Å². The maximum absolute atomic E-state index is 5.75. The molecule has 0 saturated heterocycles. The van der Waals surface area contributed by atoms with Crippen molar-refractivity contribution in [2.24, 2.45) is 0 Å². The number of aryl methyl sites for hydroxylation is 1. The maximum Gasteiger partial charge on any atom is 0.208 e. The summed E-state index contributed by atoms with van der Waals surface area (Å²) >= 11 is 3.54. The van der Waals surface area contributed by atoms with Gasteiger partial charge in [0, 0.05) is 16.1 Å². The van der Waals surface area contributed by atoms with E-state index in [1.807, 2.05) is 6.07 Å². The van der Waals surface area contributed by atoms with Gasteiger partial charge in [-0.05, 0) is 19.1 Å². The zero-order chi connectivity index (χ0) is 13.1. The van der Waals surface area contributed by atoms with Crippen LogP contribution in [0.5, 0.6) is 0 Å². The molecule has 0 aliphatic heterocycles. The molecule has 0 aliphatic carbocycles. The van der Waals surface area contributed by atoms with Gasteiger partial charge in [-0.3, -0.25) is 0 Å². The van der Waals surface area contributed by atoms with E-state index in [0.29, 0.717) is 18.5 Å². The first-order chi connectivity index (χ1) is 8.56. The van der Waals surface area contributed by atoms with Crippen LogP contribution in [0.3, 0.4) is 0 Å². The fourth-order valence-electron chi connectivity index (χ4n) is 1.64. The number of halogens is 1. The van der Waals surface area contributed by atoms with E-state index < -0.39 is 0 Å². The summed E-state index contributed by atoms with van der Waals surface area (Å²) in [6, 6.07) is 6.60. The molecule has 96 valence electrons. The Kier molecular flexibility index (Phi) is 4.19. The Morgan fingerprint density at radius 2 is 2.17 bits per heavy atom. The van der Waals surface area contributed by atoms with E-state index in [-0.39, 0.29) is 0 Å². The van der Waals surface area contributed by atoms with Crippen LogP contribution in [-0.4, -0.2) is 11.0 Å². The Labute approximate surface area is 116 Å². The Morgan fingerprint density at radius 3 is 2.89 bits per heavy atom. The molecular weight excluding hydrogens is 292 g/mol. The number of benzene rings is 1. The number of nitrogens with one attached hydrogen (secondary N) is 1. The van der Waals surface area contributed by atoms with E-state index in [1.54, 1.807) is 6.20 Å². The minimum absolute atomic E-state index is 0.422. The average Bonchev–Trinajstić information content (AvgIpc) is 2.78. The molecule has 2 rings (SSSR count). The average molecular weight is 309 g/mol. The van der Waals surface area contributed by atoms with Gasteiger partial charge in [0.2, 0.25) is 5.89 Å². The van der Waals surface area contributed by atoms with Crippen LogP contribution in [0.1, 0.15) is 25.3 Å². The topological polar surface area (TPSA) is 38.1 Å². The van der Waals surface area contributed by atoms with Gasteiger partial charge < -0.3 is 9.73 Å². The second-order valence-corrected chi connectivity index (χ2v) is 5.49. The molecule has 0 radical (unpaired) electrons. The van der Waals surface area contributed by atoms with Crippen molar-refractivity contribution in [2.45, 2.75) is 33.4 Å². The summed E-state index contributed by atoms with van der Waals surface area (Å²) in [4.78, 5) is 4.29. The lowest BCUT2D eigenvalue weighted by atomic mass is 10.1. The molecule has 0 unspecified atom stereocenters. The molecule has 0 fully saturated rings. The molecule has 0 bridgehead atoms. The van der Waals surface area contributed by atoms with E-state index in [9.17, 15) is 0 Å². The summed E-state index contributed by atoms with van der Waals surface area (Å²) in [6.07, 6.45) is 1.77. The summed E-state index contributed by atoms with van der Waals surface area (Å²) in [5, 5.41) is 3.28. The molecule has 0 atom stereocenters. The van der Waals surface area contributed by atoms with Gasteiger partial charge in [0.25, 0.3) is 0 Å². The van der Waals surface area contributed by atoms with Gasteiger partial charge in [0.05, 0.1) is 12.7 Å². The zero-order valence-corrected chi connectivity index (χ0v) is 12.4. The zero-order valence-electron chi connectivity index (χ0n) is 10.8. The second-order valence-electron chi connectivity index (χ2n) is 4.64. The van der Waals surface area contributed by atoms with Crippen LogP contribution in [0.25, 0.3) is 11.3 Å². The Balaban J connectivity index is 2.21. The largest absolute Gasteiger partial charge is 0.439 e. The van der Waals surface area contributed by atoms with Gasteiger partial charge in [-0.15, -0.1) is 0 Å². The van der Waals surface area contributed by atoms with Crippen LogP contribution in [0.4, 0.5) is 0 Å². The van der Waals surface area contributed by atoms with Crippen molar-refractivity contribution >= 4 is 15.9 Å². The highest BCUT2D eigenvalue weighted by molar-refractivity contribution is 9.10. The molecular formula is C14H17BrN2O. The van der Waals surface area contributed by atoms with Gasteiger partial charge in [0.15, 0.2) is 5.76 Å². The highest BCUT2D eigenvalue weighted by Gasteiger charge is 2.10. The number of nitrogens with zero attached hydrogens (tertiary/aromatic N) is 1. The molecule has 2 aromatic rings. The van der Waals surface area contributed by atoms with Crippen LogP contribution < -0.4 is 5.32 Å². The second kappa shape index (κ2) is 5.67. The van der Waals surface area contributed by atoms with Crippen LogP contribution in [-0.2, 0) is 6.54 Å². The molecule has 0 saturated carbocycles. The third-order valence-electron chi connectivity index (χ3n) is 2.60. The fourth-order valence-corrected chi connectivity index (χ4v) is 2.08. The number of oxazole rings is 1. The SMILES string of the molecule is Cc1ccc(Br)c(-c2cnc(CNC(C)C)o2)c1. The molecule has 0 aliphatic rings. The molecule has 1 aromatic heterocycles. The standard InChI is InChI=1S/C14H17BrN2O/c1-9(2)16-8-14-17-7-13(18-14)11-6-10(3)4-5-12(11)15/h4-7,9,16H,8H2,1-3H3. The first kappa shape index (κ1) is 13.3. The van der Waals surface area contributed by atoms with Crippen LogP contribution in [0.2, 0.25) is 0 Å². The molecule has 1 N–H and O–H groups in total. The molecule has 0 amide bonds. The van der Waals surface area contributed by atoms with Crippen molar-refractivity contribution in [3.63, 3.8) is 0 Å². The van der Waals surface area contributed by atoms with Crippen LogP contribution in [0, 0.1) is 6.92 Å². The van der Waals surface area contributed by atoms with E-state index in [4.69, 9.17) is 4.42 Å². The van der Waals surface area contributed by atoms with E-state index in [1.165, 1.54) is 5.56 Å². The first-order valence-electron chi connectivity index (χ1n) is 6.01. The smallest absolute Gasteiger partial charge is 0.208 e. The minimum atomic E-state index is 0.422. The Hall–Kier alpha value is -1.13. The van der Waals surface area contributed by atoms with E-state index in [2.05, 4.69) is 59.1 Å². The maximum atomic E-state index is 5.75. The van der Waals surface area contributed by atoms with Crippen LogP contribution in [0.15, 0.2) is 33.3 Å². The Morgan fingerprint density at radius 1 is 1.39 bits per heavy atom. The van der Waals surface area contributed by atoms with Gasteiger partial charge in [-0.25, -0.2) is 4.98 Å². The highest BCUT2D eigenvalue weighted by atomic mass is 79.9. The van der Waals surface area contributed by atoms with Gasteiger partial charge >= 0.3 is 0 Å². The fraction of sp³-hybridized carbons (Fsp3) is 0.357. The number of rotatable bonds is 4. The molecule has 0 spiro atoms. The molecule has 1 aromatic carbocycles. The Bertz CT molecular complexity index is 534. The normalized spacial score (nSPS) is 11.2. The number of hydrogen-bond donors (Lipinski definition) is 1. The predicted molar refractivity (Wildman–Crippen MR) is 76.4 cm³/mol. The van der Waals surface area contributed by atoms with Gasteiger partial charge in [-0.1, -0.05) is 41.4 Å².